The van der Waals surface area contributed by atoms with Crippen LogP contribution in [0.3, 0.4) is 0 Å². The van der Waals surface area contributed by atoms with Gasteiger partial charge in [0.1, 0.15) is 5.82 Å². The number of hydrogen-bond acceptors (Lipinski definition) is 6. The number of nitrogens with zero attached hydrogens (tertiary/aromatic N) is 3. The second-order valence-corrected chi connectivity index (χ2v) is 10.8. The van der Waals surface area contributed by atoms with E-state index in [-0.39, 0.29) is 11.6 Å². The molecule has 0 saturated carbocycles. The minimum absolute atomic E-state index is 0.0646. The fourth-order valence-electron chi connectivity index (χ4n) is 5.71. The van der Waals surface area contributed by atoms with Crippen molar-refractivity contribution in [1.29, 1.82) is 0 Å². The Labute approximate surface area is 244 Å². The number of nitro groups is 1. The number of imidazole rings is 1. The van der Waals surface area contributed by atoms with Crippen LogP contribution in [0.1, 0.15) is 48.7 Å². The van der Waals surface area contributed by atoms with E-state index in [1.165, 1.54) is 43.6 Å². The molecule has 9 nitrogen and oxygen atoms in total. The van der Waals surface area contributed by atoms with Gasteiger partial charge >= 0.3 is 0 Å². The molecule has 0 spiro atoms. The van der Waals surface area contributed by atoms with E-state index in [0.29, 0.717) is 22.5 Å². The number of non-ortho nitro benzene ring substituents is 1. The number of amides is 1. The molecule has 3 N–H and O–H groups in total. The average molecular weight is 563 g/mol. The first-order valence-electron chi connectivity index (χ1n) is 14.6. The van der Waals surface area contributed by atoms with Gasteiger partial charge in [-0.15, -0.1) is 0 Å². The van der Waals surface area contributed by atoms with Crippen LogP contribution in [0.4, 0.5) is 17.1 Å². The lowest BCUT2D eigenvalue weighted by Gasteiger charge is -2.16. The zero-order valence-electron chi connectivity index (χ0n) is 23.7. The predicted octanol–water partition coefficient (Wildman–Crippen LogP) is 6.51. The fraction of sp³-hybridized carbons (Fsp3) is 0.273. The Kier molecular flexibility index (Phi) is 7.83. The smallest absolute Gasteiger partial charge is 0.270 e. The molecule has 1 saturated heterocycles. The van der Waals surface area contributed by atoms with Crippen molar-refractivity contribution in [2.75, 3.05) is 30.3 Å². The molecule has 1 aromatic heterocycles. The third kappa shape index (κ3) is 5.82. The van der Waals surface area contributed by atoms with Crippen molar-refractivity contribution >= 4 is 34.2 Å². The number of hydrogen-bond donors (Lipinski definition) is 3. The first kappa shape index (κ1) is 27.4. The lowest BCUT2D eigenvalue weighted by Crippen LogP contribution is -2.20. The standard InChI is InChI=1S/C33H34N6O3/c1-2-30-34-21-29(36-30)23-11-13-25(14-12-23)35-32(31-27-20-26(39(41)42)15-16-28(27)37-33(31)40)24-9-7-22(8-10-24)6-5-19-38-17-3-4-18-38/h7-16,20-21,35H,2-6,17-19H2,1H3,(H,34,36)(H,37,40)/b32-31-. The van der Waals surface area contributed by atoms with Crippen LogP contribution in [0.2, 0.25) is 0 Å². The Bertz CT molecular complexity index is 1630. The molecule has 2 aliphatic rings. The number of rotatable bonds is 10. The maximum atomic E-state index is 13.3. The first-order chi connectivity index (χ1) is 20.5. The molecule has 2 aliphatic heterocycles. The minimum Gasteiger partial charge on any atom is -0.354 e. The van der Waals surface area contributed by atoms with Gasteiger partial charge in [0.25, 0.3) is 11.6 Å². The molecule has 42 heavy (non-hydrogen) atoms. The normalized spacial score (nSPS) is 15.9. The number of benzene rings is 3. The predicted molar refractivity (Wildman–Crippen MR) is 166 cm³/mol. The van der Waals surface area contributed by atoms with Gasteiger partial charge in [0.15, 0.2) is 0 Å². The highest BCUT2D eigenvalue weighted by Crippen LogP contribution is 2.39. The van der Waals surface area contributed by atoms with E-state index in [9.17, 15) is 14.9 Å². The Hall–Kier alpha value is -4.76. The van der Waals surface area contributed by atoms with Gasteiger partial charge in [-0.2, -0.15) is 0 Å². The first-order valence-corrected chi connectivity index (χ1v) is 14.6. The molecule has 0 atom stereocenters. The zero-order valence-corrected chi connectivity index (χ0v) is 23.7. The van der Waals surface area contributed by atoms with Crippen LogP contribution >= 0.6 is 0 Å². The van der Waals surface area contributed by atoms with Crippen LogP contribution in [0.25, 0.3) is 22.5 Å². The summed E-state index contributed by atoms with van der Waals surface area (Å²) in [4.78, 5) is 34.8. The summed E-state index contributed by atoms with van der Waals surface area (Å²) in [5, 5.41) is 17.9. The van der Waals surface area contributed by atoms with E-state index in [4.69, 9.17) is 0 Å². The number of aromatic amines is 1. The van der Waals surface area contributed by atoms with E-state index in [2.05, 4.69) is 44.6 Å². The maximum absolute atomic E-state index is 13.3. The fourth-order valence-corrected chi connectivity index (χ4v) is 5.71. The molecule has 214 valence electrons. The number of aromatic nitrogens is 2. The van der Waals surface area contributed by atoms with Gasteiger partial charge in [0, 0.05) is 47.3 Å². The van der Waals surface area contributed by atoms with E-state index in [1.54, 1.807) is 6.07 Å². The van der Waals surface area contributed by atoms with Crippen LogP contribution in [0.15, 0.2) is 72.9 Å². The minimum atomic E-state index is -0.442. The van der Waals surface area contributed by atoms with Crippen molar-refractivity contribution in [3.63, 3.8) is 0 Å². The summed E-state index contributed by atoms with van der Waals surface area (Å²) < 4.78 is 0. The van der Waals surface area contributed by atoms with Crippen LogP contribution in [-0.2, 0) is 17.6 Å². The summed E-state index contributed by atoms with van der Waals surface area (Å²) in [5.41, 5.74) is 6.66. The van der Waals surface area contributed by atoms with Gasteiger partial charge in [0.2, 0.25) is 0 Å². The van der Waals surface area contributed by atoms with Crippen LogP contribution in [-0.4, -0.2) is 45.3 Å². The van der Waals surface area contributed by atoms with Crippen molar-refractivity contribution in [2.45, 2.75) is 39.0 Å². The number of fused-ring (bicyclic) bond motifs is 1. The van der Waals surface area contributed by atoms with E-state index >= 15 is 0 Å². The number of aryl methyl sites for hydroxylation is 2. The average Bonchev–Trinajstić information content (AvgIpc) is 3.77. The monoisotopic (exact) mass is 562 g/mol. The molecule has 3 heterocycles. The molecule has 0 radical (unpaired) electrons. The molecule has 0 aliphatic carbocycles. The molecule has 0 bridgehead atoms. The van der Waals surface area contributed by atoms with Crippen molar-refractivity contribution in [3.05, 3.63) is 106 Å². The number of anilines is 2. The Morgan fingerprint density at radius 1 is 1.05 bits per heavy atom. The van der Waals surface area contributed by atoms with E-state index in [0.717, 1.165) is 54.1 Å². The largest absolute Gasteiger partial charge is 0.354 e. The zero-order chi connectivity index (χ0) is 29.1. The third-order valence-corrected chi connectivity index (χ3v) is 8.01. The number of likely N-dealkylation sites (tertiary alicyclic amines) is 1. The molecule has 9 heteroatoms. The maximum Gasteiger partial charge on any atom is 0.270 e. The van der Waals surface area contributed by atoms with E-state index < -0.39 is 4.92 Å². The van der Waals surface area contributed by atoms with Gasteiger partial charge in [-0.3, -0.25) is 14.9 Å². The van der Waals surface area contributed by atoms with Crippen molar-refractivity contribution in [3.8, 4) is 11.3 Å². The molecule has 1 fully saturated rings. The third-order valence-electron chi connectivity index (χ3n) is 8.01. The van der Waals surface area contributed by atoms with E-state index in [1.807, 2.05) is 42.6 Å². The summed E-state index contributed by atoms with van der Waals surface area (Å²) in [5.74, 6) is 0.627. The Balaban J connectivity index is 1.32. The number of carbonyl (C=O) groups excluding carboxylic acids is 1. The molecule has 6 rings (SSSR count). The van der Waals surface area contributed by atoms with Crippen molar-refractivity contribution in [2.24, 2.45) is 0 Å². The van der Waals surface area contributed by atoms with Crippen LogP contribution < -0.4 is 10.6 Å². The van der Waals surface area contributed by atoms with Crippen molar-refractivity contribution < 1.29 is 9.72 Å². The summed E-state index contributed by atoms with van der Waals surface area (Å²) in [6.07, 6.45) is 7.41. The summed E-state index contributed by atoms with van der Waals surface area (Å²) >= 11 is 0. The van der Waals surface area contributed by atoms with Gasteiger partial charge in [-0.1, -0.05) is 43.3 Å². The topological polar surface area (TPSA) is 116 Å². The summed E-state index contributed by atoms with van der Waals surface area (Å²) in [6, 6.07) is 20.6. The molecule has 3 aromatic carbocycles. The highest BCUT2D eigenvalue weighted by Gasteiger charge is 2.30. The summed E-state index contributed by atoms with van der Waals surface area (Å²) in [6.45, 7) is 5.57. The lowest BCUT2D eigenvalue weighted by molar-refractivity contribution is -0.384. The SMILES string of the molecule is CCc1nc(-c2ccc(N/C(=C3\C(=O)Nc4ccc([N+](=O)[O-])cc43)c3ccc(CCCN4CCCC4)cc3)cc2)c[nH]1. The number of nitro benzene ring substituents is 1. The second kappa shape index (κ2) is 12.0. The number of carbonyl (C=O) groups is 1. The van der Waals surface area contributed by atoms with Gasteiger partial charge in [0.05, 0.1) is 21.9 Å². The molecule has 0 unspecified atom stereocenters. The summed E-state index contributed by atoms with van der Waals surface area (Å²) in [7, 11) is 0. The van der Waals surface area contributed by atoms with Gasteiger partial charge < -0.3 is 20.5 Å². The lowest BCUT2D eigenvalue weighted by atomic mass is 9.98. The van der Waals surface area contributed by atoms with Crippen LogP contribution in [0.5, 0.6) is 0 Å². The highest BCUT2D eigenvalue weighted by atomic mass is 16.6. The number of H-pyrrole nitrogens is 1. The highest BCUT2D eigenvalue weighted by molar-refractivity contribution is 6.37. The molecular weight excluding hydrogens is 528 g/mol. The molecule has 1 amide bonds. The quantitative estimate of drug-likeness (QED) is 0.115. The Morgan fingerprint density at radius 3 is 2.50 bits per heavy atom. The van der Waals surface area contributed by atoms with Gasteiger partial charge in [-0.25, -0.2) is 4.98 Å². The molecular formula is C33H34N6O3. The van der Waals surface area contributed by atoms with Crippen molar-refractivity contribution in [1.82, 2.24) is 14.9 Å². The second-order valence-electron chi connectivity index (χ2n) is 10.8. The van der Waals surface area contributed by atoms with Gasteiger partial charge in [-0.05, 0) is 74.6 Å². The number of nitrogens with one attached hydrogen (secondary N) is 3. The molecule has 4 aromatic rings. The van der Waals surface area contributed by atoms with Crippen LogP contribution in [0, 0.1) is 10.1 Å². The Morgan fingerprint density at radius 2 is 1.81 bits per heavy atom.